The van der Waals surface area contributed by atoms with Gasteiger partial charge >= 0.3 is 0 Å². The topological polar surface area (TPSA) is 42.0 Å². The van der Waals surface area contributed by atoms with Crippen LogP contribution in [0.5, 0.6) is 0 Å². The first-order valence-electron chi connectivity index (χ1n) is 8.12. The van der Waals surface area contributed by atoms with Crippen LogP contribution in [0, 0.1) is 6.92 Å². The van der Waals surface area contributed by atoms with E-state index in [1.807, 2.05) is 62.4 Å². The van der Waals surface area contributed by atoms with Crippen molar-refractivity contribution in [3.8, 4) is 11.1 Å². The molecule has 0 aliphatic heterocycles. The minimum absolute atomic E-state index is 0.0465. The highest BCUT2D eigenvalue weighted by Gasteiger charge is 2.15. The zero-order chi connectivity index (χ0) is 17.8. The third-order valence-corrected chi connectivity index (χ3v) is 4.40. The number of hydrogen-bond acceptors (Lipinski definition) is 2. The maximum atomic E-state index is 12.4. The number of pyridine rings is 1. The van der Waals surface area contributed by atoms with Crippen LogP contribution in [0.25, 0.3) is 11.1 Å². The van der Waals surface area contributed by atoms with E-state index in [0.29, 0.717) is 5.02 Å². The van der Waals surface area contributed by atoms with Gasteiger partial charge in [0.25, 0.3) is 0 Å². The van der Waals surface area contributed by atoms with Crippen molar-refractivity contribution in [1.82, 2.24) is 4.98 Å². The molecule has 0 saturated carbocycles. The van der Waals surface area contributed by atoms with Gasteiger partial charge in [-0.3, -0.25) is 9.78 Å². The van der Waals surface area contributed by atoms with Gasteiger partial charge in [0.1, 0.15) is 0 Å². The Labute approximate surface area is 152 Å². The number of rotatable bonds is 4. The van der Waals surface area contributed by atoms with Crippen molar-refractivity contribution >= 4 is 23.2 Å². The molecule has 3 rings (SSSR count). The Kier molecular flexibility index (Phi) is 5.15. The summed E-state index contributed by atoms with van der Waals surface area (Å²) >= 11 is 5.90. The van der Waals surface area contributed by atoms with Gasteiger partial charge in [0.15, 0.2) is 0 Å². The van der Waals surface area contributed by atoms with E-state index in [9.17, 15) is 4.79 Å². The lowest BCUT2D eigenvalue weighted by molar-refractivity contribution is -0.117. The first-order chi connectivity index (χ1) is 12.0. The van der Waals surface area contributed by atoms with E-state index in [1.54, 1.807) is 18.3 Å². The Morgan fingerprint density at radius 3 is 2.32 bits per heavy atom. The van der Waals surface area contributed by atoms with Gasteiger partial charge in [0, 0.05) is 22.6 Å². The lowest BCUT2D eigenvalue weighted by Crippen LogP contribution is -2.18. The van der Waals surface area contributed by atoms with Crippen molar-refractivity contribution in [2.45, 2.75) is 19.8 Å². The van der Waals surface area contributed by atoms with Crippen LogP contribution in [-0.2, 0) is 4.79 Å². The average Bonchev–Trinajstić information content (AvgIpc) is 2.62. The molecule has 0 bridgehead atoms. The third-order valence-electron chi connectivity index (χ3n) is 4.15. The largest absolute Gasteiger partial charge is 0.326 e. The molecule has 1 N–H and O–H groups in total. The molecule has 25 heavy (non-hydrogen) atoms. The van der Waals surface area contributed by atoms with Crippen molar-refractivity contribution in [2.24, 2.45) is 0 Å². The number of amides is 1. The van der Waals surface area contributed by atoms with E-state index in [0.717, 1.165) is 28.1 Å². The quantitative estimate of drug-likeness (QED) is 0.679. The van der Waals surface area contributed by atoms with Crippen molar-refractivity contribution in [3.05, 3.63) is 83.1 Å². The molecule has 0 aliphatic carbocycles. The molecule has 1 atom stereocenters. The first-order valence-corrected chi connectivity index (χ1v) is 8.50. The Hall–Kier alpha value is -2.65. The molecule has 3 nitrogen and oxygen atoms in total. The summed E-state index contributed by atoms with van der Waals surface area (Å²) in [6, 6.07) is 19.2. The summed E-state index contributed by atoms with van der Waals surface area (Å²) < 4.78 is 0. The Balaban J connectivity index is 1.70. The van der Waals surface area contributed by atoms with Crippen LogP contribution >= 0.6 is 11.6 Å². The highest BCUT2D eigenvalue weighted by molar-refractivity contribution is 6.30. The molecular weight excluding hydrogens is 332 g/mol. The molecule has 0 saturated heterocycles. The zero-order valence-corrected chi connectivity index (χ0v) is 14.9. The number of nitrogens with zero attached hydrogens (tertiary/aromatic N) is 1. The molecule has 126 valence electrons. The monoisotopic (exact) mass is 350 g/mol. The van der Waals surface area contributed by atoms with Crippen molar-refractivity contribution in [3.63, 3.8) is 0 Å². The number of aryl methyl sites for hydroxylation is 1. The first kappa shape index (κ1) is 17.2. The maximum absolute atomic E-state index is 12.4. The Morgan fingerprint density at radius 1 is 1.00 bits per heavy atom. The molecule has 1 amide bonds. The summed E-state index contributed by atoms with van der Waals surface area (Å²) in [7, 11) is 0. The van der Waals surface area contributed by atoms with E-state index in [1.165, 1.54) is 0 Å². The molecule has 0 unspecified atom stereocenters. The molecule has 0 aliphatic rings. The Bertz CT molecular complexity index is 873. The van der Waals surface area contributed by atoms with Gasteiger partial charge in [-0.05, 0) is 66.9 Å². The van der Waals surface area contributed by atoms with E-state index in [-0.39, 0.29) is 11.8 Å². The number of benzene rings is 2. The van der Waals surface area contributed by atoms with Crippen molar-refractivity contribution in [2.75, 3.05) is 5.32 Å². The third kappa shape index (κ3) is 4.25. The fourth-order valence-corrected chi connectivity index (χ4v) is 2.75. The second kappa shape index (κ2) is 7.49. The molecule has 0 radical (unpaired) electrons. The van der Waals surface area contributed by atoms with Crippen LogP contribution in [-0.4, -0.2) is 10.9 Å². The van der Waals surface area contributed by atoms with E-state index in [2.05, 4.69) is 10.3 Å². The minimum atomic E-state index is -0.250. The highest BCUT2D eigenvalue weighted by Crippen LogP contribution is 2.23. The van der Waals surface area contributed by atoms with Gasteiger partial charge < -0.3 is 5.32 Å². The molecule has 4 heteroatoms. The molecule has 1 aromatic heterocycles. The lowest BCUT2D eigenvalue weighted by atomic mass is 10.0. The van der Waals surface area contributed by atoms with Crippen LogP contribution in [0.2, 0.25) is 5.02 Å². The molecule has 0 fully saturated rings. The van der Waals surface area contributed by atoms with Gasteiger partial charge in [-0.25, -0.2) is 0 Å². The number of aromatic nitrogens is 1. The summed E-state index contributed by atoms with van der Waals surface area (Å²) in [6.07, 6.45) is 1.80. The highest BCUT2D eigenvalue weighted by atomic mass is 35.5. The molecule has 2 aromatic carbocycles. The molecule has 0 spiro atoms. The predicted molar refractivity (Wildman–Crippen MR) is 103 cm³/mol. The van der Waals surface area contributed by atoms with Gasteiger partial charge in [-0.1, -0.05) is 35.9 Å². The Morgan fingerprint density at radius 2 is 1.68 bits per heavy atom. The average molecular weight is 351 g/mol. The van der Waals surface area contributed by atoms with Crippen molar-refractivity contribution in [1.29, 1.82) is 0 Å². The zero-order valence-electron chi connectivity index (χ0n) is 14.2. The number of carbonyl (C=O) groups is 1. The second-order valence-electron chi connectivity index (χ2n) is 6.03. The van der Waals surface area contributed by atoms with Gasteiger partial charge in [-0.2, -0.15) is 0 Å². The van der Waals surface area contributed by atoms with Crippen molar-refractivity contribution < 1.29 is 4.79 Å². The maximum Gasteiger partial charge on any atom is 0.231 e. The van der Waals surface area contributed by atoms with Crippen LogP contribution in [0.4, 0.5) is 5.69 Å². The number of hydrogen-bond donors (Lipinski definition) is 1. The smallest absolute Gasteiger partial charge is 0.231 e. The number of halogens is 1. The summed E-state index contributed by atoms with van der Waals surface area (Å²) in [6.45, 7) is 3.85. The van der Waals surface area contributed by atoms with E-state index in [4.69, 9.17) is 11.6 Å². The SMILES string of the molecule is Cc1cc(-c2ccc(NC(=O)[C@H](C)c3ccc(Cl)cc3)cc2)ccn1. The second-order valence-corrected chi connectivity index (χ2v) is 6.46. The normalized spacial score (nSPS) is 11.8. The molecule has 1 heterocycles. The van der Waals surface area contributed by atoms with Gasteiger partial charge in [0.2, 0.25) is 5.91 Å². The number of nitrogens with one attached hydrogen (secondary N) is 1. The summed E-state index contributed by atoms with van der Waals surface area (Å²) in [5.74, 6) is -0.297. The summed E-state index contributed by atoms with van der Waals surface area (Å²) in [5, 5.41) is 3.63. The fourth-order valence-electron chi connectivity index (χ4n) is 2.62. The lowest BCUT2D eigenvalue weighted by Gasteiger charge is -2.13. The molecular formula is C21H19ClN2O. The standard InChI is InChI=1S/C21H19ClN2O/c1-14-13-18(11-12-23-14)17-5-9-20(10-6-17)24-21(25)15(2)16-3-7-19(22)8-4-16/h3-13,15H,1-2H3,(H,24,25)/t15-/m1/s1. The summed E-state index contributed by atoms with van der Waals surface area (Å²) in [5.41, 5.74) is 4.90. The van der Waals surface area contributed by atoms with Gasteiger partial charge in [0.05, 0.1) is 5.92 Å². The number of anilines is 1. The van der Waals surface area contributed by atoms with Gasteiger partial charge in [-0.15, -0.1) is 0 Å². The van der Waals surface area contributed by atoms with Crippen LogP contribution in [0.3, 0.4) is 0 Å². The fraction of sp³-hybridized carbons (Fsp3) is 0.143. The van der Waals surface area contributed by atoms with Crippen LogP contribution in [0.1, 0.15) is 24.1 Å². The minimum Gasteiger partial charge on any atom is -0.326 e. The van der Waals surface area contributed by atoms with Crippen LogP contribution < -0.4 is 5.32 Å². The van der Waals surface area contributed by atoms with Crippen LogP contribution in [0.15, 0.2) is 66.9 Å². The molecule has 3 aromatic rings. The summed E-state index contributed by atoms with van der Waals surface area (Å²) in [4.78, 5) is 16.7. The van der Waals surface area contributed by atoms with E-state index < -0.39 is 0 Å². The predicted octanol–water partition coefficient (Wildman–Crippen LogP) is 5.45. The number of carbonyl (C=O) groups excluding carboxylic acids is 1. The van der Waals surface area contributed by atoms with E-state index >= 15 is 0 Å².